The molecule has 28 heavy (non-hydrogen) atoms. The molecule has 2 atom stereocenters. The zero-order valence-corrected chi connectivity index (χ0v) is 15.8. The van der Waals surface area contributed by atoms with Crippen molar-refractivity contribution >= 4 is 23.6 Å². The summed E-state index contributed by atoms with van der Waals surface area (Å²) >= 11 is 0. The van der Waals surface area contributed by atoms with E-state index in [1.54, 1.807) is 12.1 Å². The van der Waals surface area contributed by atoms with Crippen LogP contribution in [0.15, 0.2) is 18.2 Å². The van der Waals surface area contributed by atoms with Crippen molar-refractivity contribution in [3.8, 4) is 0 Å². The molecular formula is C20H24N4O4. The molecule has 2 saturated heterocycles. The third-order valence-electron chi connectivity index (χ3n) is 5.81. The van der Waals surface area contributed by atoms with E-state index in [0.29, 0.717) is 17.7 Å². The molecule has 3 N–H and O–H groups in total. The molecule has 3 heterocycles. The molecule has 3 aliphatic heterocycles. The van der Waals surface area contributed by atoms with E-state index in [4.69, 9.17) is 0 Å². The standard InChI is InChI=1S/C20H24N4O4/c1-20(7-2-8-22-20)11-21-10-12-3-4-13-14(9-12)19(28)24(18(13)27)15-5-6-16(25)23-17(15)26/h3-4,9,15,21-22H,2,5-8,10-11H2,1H3,(H,23,25,26)/t15?,20-/m0/s1. The van der Waals surface area contributed by atoms with Gasteiger partial charge in [-0.2, -0.15) is 0 Å². The Morgan fingerprint density at radius 1 is 1.18 bits per heavy atom. The number of nitrogens with one attached hydrogen (secondary N) is 3. The van der Waals surface area contributed by atoms with Gasteiger partial charge >= 0.3 is 0 Å². The normalized spacial score (nSPS) is 27.3. The number of amides is 4. The van der Waals surface area contributed by atoms with E-state index in [0.717, 1.165) is 30.0 Å². The fourth-order valence-electron chi connectivity index (χ4n) is 4.22. The second-order valence-corrected chi connectivity index (χ2v) is 8.02. The lowest BCUT2D eigenvalue weighted by molar-refractivity contribution is -0.136. The van der Waals surface area contributed by atoms with Gasteiger partial charge in [0, 0.05) is 25.0 Å². The third kappa shape index (κ3) is 3.33. The summed E-state index contributed by atoms with van der Waals surface area (Å²) < 4.78 is 0. The second-order valence-electron chi connectivity index (χ2n) is 8.02. The minimum absolute atomic E-state index is 0.0884. The Balaban J connectivity index is 1.46. The number of hydrogen-bond donors (Lipinski definition) is 3. The minimum atomic E-state index is -0.930. The molecule has 3 aliphatic rings. The van der Waals surface area contributed by atoms with Crippen molar-refractivity contribution in [1.29, 1.82) is 0 Å². The maximum absolute atomic E-state index is 12.8. The molecule has 2 fully saturated rings. The van der Waals surface area contributed by atoms with Gasteiger partial charge in [0.2, 0.25) is 11.8 Å². The Bertz CT molecular complexity index is 860. The molecule has 0 aromatic heterocycles. The number of benzene rings is 1. The number of nitrogens with zero attached hydrogens (tertiary/aromatic N) is 1. The van der Waals surface area contributed by atoms with Gasteiger partial charge in [-0.3, -0.25) is 29.4 Å². The number of carbonyl (C=O) groups excluding carboxylic acids is 4. The largest absolute Gasteiger partial charge is 0.311 e. The van der Waals surface area contributed by atoms with Crippen LogP contribution < -0.4 is 16.0 Å². The van der Waals surface area contributed by atoms with Crippen molar-refractivity contribution in [1.82, 2.24) is 20.9 Å². The zero-order valence-electron chi connectivity index (χ0n) is 15.8. The minimum Gasteiger partial charge on any atom is -0.311 e. The van der Waals surface area contributed by atoms with E-state index in [-0.39, 0.29) is 24.3 Å². The van der Waals surface area contributed by atoms with Gasteiger partial charge in [-0.15, -0.1) is 0 Å². The van der Waals surface area contributed by atoms with Crippen LogP contribution in [0, 0.1) is 0 Å². The predicted molar refractivity (Wildman–Crippen MR) is 100 cm³/mol. The monoisotopic (exact) mass is 384 g/mol. The Morgan fingerprint density at radius 3 is 2.68 bits per heavy atom. The van der Waals surface area contributed by atoms with Gasteiger partial charge in [0.15, 0.2) is 0 Å². The first-order valence-electron chi connectivity index (χ1n) is 9.68. The summed E-state index contributed by atoms with van der Waals surface area (Å²) in [5.74, 6) is -1.92. The molecule has 0 saturated carbocycles. The SMILES string of the molecule is C[C@@]1(CNCc2ccc3c(c2)C(=O)N(C2CCC(=O)NC2=O)C3=O)CCCN1. The quantitative estimate of drug-likeness (QED) is 0.631. The van der Waals surface area contributed by atoms with Crippen LogP contribution in [0.2, 0.25) is 0 Å². The summed E-state index contributed by atoms with van der Waals surface area (Å²) in [7, 11) is 0. The van der Waals surface area contributed by atoms with E-state index in [1.165, 1.54) is 6.42 Å². The lowest BCUT2D eigenvalue weighted by Crippen LogP contribution is -2.54. The van der Waals surface area contributed by atoms with Gasteiger partial charge in [0.05, 0.1) is 11.1 Å². The van der Waals surface area contributed by atoms with Gasteiger partial charge in [0.1, 0.15) is 6.04 Å². The van der Waals surface area contributed by atoms with E-state index in [9.17, 15) is 19.2 Å². The van der Waals surface area contributed by atoms with Crippen molar-refractivity contribution in [3.63, 3.8) is 0 Å². The van der Waals surface area contributed by atoms with Gasteiger partial charge in [-0.05, 0) is 50.4 Å². The summed E-state index contributed by atoms with van der Waals surface area (Å²) in [6, 6.07) is 4.27. The van der Waals surface area contributed by atoms with Crippen LogP contribution in [0.3, 0.4) is 0 Å². The van der Waals surface area contributed by atoms with Crippen LogP contribution in [0.4, 0.5) is 0 Å². The average Bonchev–Trinajstić information content (AvgIpc) is 3.19. The molecule has 8 nitrogen and oxygen atoms in total. The van der Waals surface area contributed by atoms with E-state index in [2.05, 4.69) is 22.9 Å². The number of carbonyl (C=O) groups is 4. The van der Waals surface area contributed by atoms with Gasteiger partial charge < -0.3 is 10.6 Å². The third-order valence-corrected chi connectivity index (χ3v) is 5.81. The number of piperidine rings is 1. The van der Waals surface area contributed by atoms with Crippen LogP contribution in [-0.4, -0.2) is 53.2 Å². The Kier molecular flexibility index (Phi) is 4.76. The number of rotatable bonds is 5. The smallest absolute Gasteiger partial charge is 0.262 e. The van der Waals surface area contributed by atoms with Gasteiger partial charge in [0.25, 0.3) is 11.8 Å². The first-order valence-corrected chi connectivity index (χ1v) is 9.68. The van der Waals surface area contributed by atoms with Crippen LogP contribution in [0.1, 0.15) is 58.9 Å². The molecular weight excluding hydrogens is 360 g/mol. The summed E-state index contributed by atoms with van der Waals surface area (Å²) in [4.78, 5) is 50.0. The topological polar surface area (TPSA) is 108 Å². The summed E-state index contributed by atoms with van der Waals surface area (Å²) in [5, 5.41) is 9.11. The van der Waals surface area contributed by atoms with Gasteiger partial charge in [-0.25, -0.2) is 0 Å². The average molecular weight is 384 g/mol. The molecule has 1 unspecified atom stereocenters. The first kappa shape index (κ1) is 18.8. The Labute approximate surface area is 163 Å². The number of imide groups is 2. The summed E-state index contributed by atoms with van der Waals surface area (Å²) in [5.41, 5.74) is 1.62. The van der Waals surface area contributed by atoms with Crippen LogP contribution in [0.5, 0.6) is 0 Å². The summed E-state index contributed by atoms with van der Waals surface area (Å²) in [6.07, 6.45) is 2.57. The van der Waals surface area contributed by atoms with Crippen molar-refractivity contribution in [2.45, 2.75) is 50.7 Å². The number of fused-ring (bicyclic) bond motifs is 1. The number of hydrogen-bond acceptors (Lipinski definition) is 6. The molecule has 0 radical (unpaired) electrons. The highest BCUT2D eigenvalue weighted by molar-refractivity contribution is 6.23. The molecule has 148 valence electrons. The first-order chi connectivity index (χ1) is 13.4. The van der Waals surface area contributed by atoms with Crippen LogP contribution in [-0.2, 0) is 16.1 Å². The highest BCUT2D eigenvalue weighted by Gasteiger charge is 2.44. The van der Waals surface area contributed by atoms with Crippen LogP contribution >= 0.6 is 0 Å². The maximum Gasteiger partial charge on any atom is 0.262 e. The fourth-order valence-corrected chi connectivity index (χ4v) is 4.22. The predicted octanol–water partition coefficient (Wildman–Crippen LogP) is 0.320. The summed E-state index contributed by atoms with van der Waals surface area (Å²) in [6.45, 7) is 4.63. The van der Waals surface area contributed by atoms with Crippen molar-refractivity contribution in [3.05, 3.63) is 34.9 Å². The highest BCUT2D eigenvalue weighted by Crippen LogP contribution is 2.28. The lowest BCUT2D eigenvalue weighted by atomic mass is 10.0. The van der Waals surface area contributed by atoms with Crippen molar-refractivity contribution in [2.24, 2.45) is 0 Å². The van der Waals surface area contributed by atoms with Crippen molar-refractivity contribution < 1.29 is 19.2 Å². The Morgan fingerprint density at radius 2 is 1.96 bits per heavy atom. The molecule has 1 aromatic rings. The van der Waals surface area contributed by atoms with Gasteiger partial charge in [-0.1, -0.05) is 6.07 Å². The van der Waals surface area contributed by atoms with Crippen LogP contribution in [0.25, 0.3) is 0 Å². The van der Waals surface area contributed by atoms with E-state index >= 15 is 0 Å². The highest BCUT2D eigenvalue weighted by atomic mass is 16.2. The van der Waals surface area contributed by atoms with E-state index < -0.39 is 23.8 Å². The van der Waals surface area contributed by atoms with E-state index in [1.807, 2.05) is 6.07 Å². The second kappa shape index (κ2) is 7.10. The molecule has 8 heteroatoms. The molecule has 4 amide bonds. The molecule has 0 spiro atoms. The zero-order chi connectivity index (χ0) is 19.9. The molecule has 0 aliphatic carbocycles. The fraction of sp³-hybridized carbons (Fsp3) is 0.500. The molecule has 1 aromatic carbocycles. The molecule has 4 rings (SSSR count). The van der Waals surface area contributed by atoms with Crippen molar-refractivity contribution in [2.75, 3.05) is 13.1 Å². The lowest BCUT2D eigenvalue weighted by Gasteiger charge is -2.27. The Hall–Kier alpha value is -2.58. The molecule has 0 bridgehead atoms. The maximum atomic E-state index is 12.8.